The van der Waals surface area contributed by atoms with E-state index >= 15 is 0 Å². The minimum Gasteiger partial charge on any atom is -0.479 e. The fourth-order valence-corrected chi connectivity index (χ4v) is 3.43. The molecule has 24 heavy (non-hydrogen) atoms. The normalized spacial score (nSPS) is 16.8. The molecule has 0 spiro atoms. The maximum atomic E-state index is 13.6. The molecule has 3 rings (SSSR count). The van der Waals surface area contributed by atoms with E-state index in [1.807, 2.05) is 0 Å². The third-order valence-corrected chi connectivity index (χ3v) is 5.07. The first kappa shape index (κ1) is 16.3. The zero-order valence-electron chi connectivity index (χ0n) is 13.0. The van der Waals surface area contributed by atoms with Crippen LogP contribution in [-0.2, 0) is 14.8 Å². The second kappa shape index (κ2) is 5.79. The number of amides is 1. The number of benzene rings is 2. The van der Waals surface area contributed by atoms with E-state index in [2.05, 4.69) is 10.0 Å². The van der Waals surface area contributed by atoms with E-state index in [1.54, 1.807) is 6.92 Å². The lowest BCUT2D eigenvalue weighted by Crippen LogP contribution is -2.34. The average molecular weight is 350 g/mol. The van der Waals surface area contributed by atoms with Gasteiger partial charge in [0.2, 0.25) is 0 Å². The molecule has 1 aliphatic heterocycles. The number of nitrogens with one attached hydrogen (secondary N) is 2. The molecule has 0 aliphatic carbocycles. The van der Waals surface area contributed by atoms with Crippen molar-refractivity contribution in [3.05, 3.63) is 47.8 Å². The lowest BCUT2D eigenvalue weighted by molar-refractivity contribution is -0.122. The van der Waals surface area contributed by atoms with Crippen molar-refractivity contribution in [2.24, 2.45) is 0 Å². The Morgan fingerprint density at radius 3 is 2.75 bits per heavy atom. The van der Waals surface area contributed by atoms with Crippen LogP contribution >= 0.6 is 0 Å². The molecular formula is C16H15FN2O4S. The Morgan fingerprint density at radius 1 is 1.25 bits per heavy atom. The summed E-state index contributed by atoms with van der Waals surface area (Å²) in [6.07, 6.45) is -0.645. The Bertz CT molecular complexity index is 928. The third-order valence-electron chi connectivity index (χ3n) is 3.70. The molecule has 1 unspecified atom stereocenters. The zero-order chi connectivity index (χ0) is 17.5. The molecule has 2 N–H and O–H groups in total. The second-order valence-corrected chi connectivity index (χ2v) is 7.11. The molecule has 0 saturated heterocycles. The first-order valence-electron chi connectivity index (χ1n) is 7.17. The van der Waals surface area contributed by atoms with Gasteiger partial charge in [0.05, 0.1) is 16.3 Å². The van der Waals surface area contributed by atoms with Gasteiger partial charge in [-0.3, -0.25) is 9.52 Å². The van der Waals surface area contributed by atoms with Gasteiger partial charge in [0.25, 0.3) is 15.9 Å². The van der Waals surface area contributed by atoms with E-state index in [-0.39, 0.29) is 27.7 Å². The molecule has 0 fully saturated rings. The van der Waals surface area contributed by atoms with Crippen LogP contribution in [0.3, 0.4) is 0 Å². The van der Waals surface area contributed by atoms with Crippen molar-refractivity contribution in [2.75, 3.05) is 10.0 Å². The Kier molecular flexibility index (Phi) is 3.92. The van der Waals surface area contributed by atoms with Crippen molar-refractivity contribution in [2.45, 2.75) is 24.8 Å². The number of sulfonamides is 1. The molecule has 0 radical (unpaired) electrons. The van der Waals surface area contributed by atoms with Crippen LogP contribution in [0, 0.1) is 12.7 Å². The van der Waals surface area contributed by atoms with Gasteiger partial charge in [-0.15, -0.1) is 0 Å². The molecule has 126 valence electrons. The smallest absolute Gasteiger partial charge is 0.265 e. The molecule has 0 saturated carbocycles. The SMILES string of the molecule is Cc1c(F)cccc1NS(=O)(=O)c1ccc2c(c1)NC(=O)C(C)O2. The van der Waals surface area contributed by atoms with Gasteiger partial charge in [-0.25, -0.2) is 12.8 Å². The highest BCUT2D eigenvalue weighted by Gasteiger charge is 2.26. The maximum Gasteiger partial charge on any atom is 0.265 e. The van der Waals surface area contributed by atoms with E-state index in [0.717, 1.165) is 0 Å². The van der Waals surface area contributed by atoms with Gasteiger partial charge in [-0.05, 0) is 44.2 Å². The van der Waals surface area contributed by atoms with E-state index in [4.69, 9.17) is 4.74 Å². The zero-order valence-corrected chi connectivity index (χ0v) is 13.8. The predicted octanol–water partition coefficient (Wildman–Crippen LogP) is 2.65. The van der Waals surface area contributed by atoms with Crippen LogP contribution in [0.4, 0.5) is 15.8 Å². The molecule has 0 bridgehead atoms. The highest BCUT2D eigenvalue weighted by Crippen LogP contribution is 2.32. The number of anilines is 2. The van der Waals surface area contributed by atoms with Gasteiger partial charge in [-0.1, -0.05) is 6.07 Å². The summed E-state index contributed by atoms with van der Waals surface area (Å²) >= 11 is 0. The largest absolute Gasteiger partial charge is 0.479 e. The van der Waals surface area contributed by atoms with Crippen molar-refractivity contribution in [3.8, 4) is 5.75 Å². The number of carbonyl (C=O) groups is 1. The lowest BCUT2D eigenvalue weighted by atomic mass is 10.2. The van der Waals surface area contributed by atoms with Gasteiger partial charge in [0, 0.05) is 5.56 Å². The first-order valence-corrected chi connectivity index (χ1v) is 8.66. The molecule has 8 heteroatoms. The molecular weight excluding hydrogens is 335 g/mol. The van der Waals surface area contributed by atoms with Crippen molar-refractivity contribution in [3.63, 3.8) is 0 Å². The topological polar surface area (TPSA) is 84.5 Å². The van der Waals surface area contributed by atoms with E-state index in [0.29, 0.717) is 5.75 Å². The number of halogens is 1. The summed E-state index contributed by atoms with van der Waals surface area (Å²) in [5.41, 5.74) is 0.628. The van der Waals surface area contributed by atoms with Crippen molar-refractivity contribution < 1.29 is 22.3 Å². The number of carbonyl (C=O) groups excluding carboxylic acids is 1. The highest BCUT2D eigenvalue weighted by molar-refractivity contribution is 7.92. The predicted molar refractivity (Wildman–Crippen MR) is 87.1 cm³/mol. The van der Waals surface area contributed by atoms with Gasteiger partial charge in [0.15, 0.2) is 6.10 Å². The number of ether oxygens (including phenoxy) is 1. The molecule has 2 aromatic rings. The monoisotopic (exact) mass is 350 g/mol. The van der Waals surface area contributed by atoms with Crippen LogP contribution < -0.4 is 14.8 Å². The van der Waals surface area contributed by atoms with Gasteiger partial charge >= 0.3 is 0 Å². The summed E-state index contributed by atoms with van der Waals surface area (Å²) in [4.78, 5) is 11.6. The third kappa shape index (κ3) is 2.92. The van der Waals surface area contributed by atoms with Gasteiger partial charge in [0.1, 0.15) is 11.6 Å². The Balaban J connectivity index is 1.95. The molecule has 1 amide bonds. The second-order valence-electron chi connectivity index (χ2n) is 5.43. The Morgan fingerprint density at radius 2 is 2.00 bits per heavy atom. The minimum atomic E-state index is -3.94. The summed E-state index contributed by atoms with van der Waals surface area (Å²) in [6, 6.07) is 8.28. The van der Waals surface area contributed by atoms with Crippen molar-refractivity contribution >= 4 is 27.3 Å². The van der Waals surface area contributed by atoms with E-state index < -0.39 is 21.9 Å². The van der Waals surface area contributed by atoms with Crippen molar-refractivity contribution in [1.29, 1.82) is 0 Å². The van der Waals surface area contributed by atoms with E-state index in [9.17, 15) is 17.6 Å². The fourth-order valence-electron chi connectivity index (χ4n) is 2.28. The standard InChI is InChI=1S/C16H15FN2O4S/c1-9-12(17)4-3-5-13(9)19-24(21,22)11-6-7-15-14(8-11)18-16(20)10(2)23-15/h3-8,10,19H,1-2H3,(H,18,20). The van der Waals surface area contributed by atoms with Gasteiger partial charge in [-0.2, -0.15) is 0 Å². The summed E-state index contributed by atoms with van der Waals surface area (Å²) in [7, 11) is -3.94. The molecule has 1 aliphatic rings. The molecule has 0 aromatic heterocycles. The Hall–Kier alpha value is -2.61. The lowest BCUT2D eigenvalue weighted by Gasteiger charge is -2.23. The Labute approximate surface area is 138 Å². The molecule has 2 aromatic carbocycles. The van der Waals surface area contributed by atoms with Crippen LogP contribution in [0.25, 0.3) is 0 Å². The number of hydrogen-bond donors (Lipinski definition) is 2. The van der Waals surface area contributed by atoms with Crippen LogP contribution in [0.15, 0.2) is 41.3 Å². The minimum absolute atomic E-state index is 0.0663. The molecule has 1 heterocycles. The fraction of sp³-hybridized carbons (Fsp3) is 0.188. The van der Waals surface area contributed by atoms with Crippen LogP contribution in [0.2, 0.25) is 0 Å². The summed E-state index contributed by atoms with van der Waals surface area (Å²) in [5.74, 6) is -0.468. The van der Waals surface area contributed by atoms with Crippen LogP contribution in [-0.4, -0.2) is 20.4 Å². The van der Waals surface area contributed by atoms with Crippen LogP contribution in [0.5, 0.6) is 5.75 Å². The molecule has 6 nitrogen and oxygen atoms in total. The molecule has 1 atom stereocenters. The first-order chi connectivity index (χ1) is 11.3. The number of fused-ring (bicyclic) bond motifs is 1. The quantitative estimate of drug-likeness (QED) is 0.891. The highest BCUT2D eigenvalue weighted by atomic mass is 32.2. The maximum absolute atomic E-state index is 13.6. The summed E-state index contributed by atoms with van der Waals surface area (Å²) in [6.45, 7) is 3.08. The van der Waals surface area contributed by atoms with Crippen LogP contribution in [0.1, 0.15) is 12.5 Å². The van der Waals surface area contributed by atoms with Gasteiger partial charge < -0.3 is 10.1 Å². The van der Waals surface area contributed by atoms with Crippen molar-refractivity contribution in [1.82, 2.24) is 0 Å². The average Bonchev–Trinajstić information content (AvgIpc) is 2.52. The van der Waals surface area contributed by atoms with E-state index in [1.165, 1.54) is 43.3 Å². The summed E-state index contributed by atoms with van der Waals surface area (Å²) in [5, 5.41) is 2.59. The summed E-state index contributed by atoms with van der Waals surface area (Å²) < 4.78 is 46.3. The number of rotatable bonds is 3. The number of hydrogen-bond acceptors (Lipinski definition) is 4.